The summed E-state index contributed by atoms with van der Waals surface area (Å²) in [5.74, 6) is 0.209. The van der Waals surface area contributed by atoms with Gasteiger partial charge in [-0.1, -0.05) is 124 Å². The van der Waals surface area contributed by atoms with Gasteiger partial charge in [0.25, 0.3) is 0 Å². The van der Waals surface area contributed by atoms with Crippen molar-refractivity contribution in [1.82, 2.24) is 0 Å². The van der Waals surface area contributed by atoms with Crippen LogP contribution in [-0.4, -0.2) is 11.1 Å². The fraction of sp³-hybridized carbons (Fsp3) is 0.958. The van der Waals surface area contributed by atoms with E-state index >= 15 is 0 Å². The van der Waals surface area contributed by atoms with Crippen molar-refractivity contribution in [3.8, 4) is 0 Å². The van der Waals surface area contributed by atoms with E-state index in [0.717, 1.165) is 19.3 Å². The normalized spacial score (nSPS) is 14.9. The summed E-state index contributed by atoms with van der Waals surface area (Å²) >= 11 is 0. The van der Waals surface area contributed by atoms with E-state index in [2.05, 4.69) is 27.7 Å². The lowest BCUT2D eigenvalue weighted by Crippen LogP contribution is -2.28. The predicted octanol–water partition coefficient (Wildman–Crippen LogP) is 8.24. The van der Waals surface area contributed by atoms with Crippen molar-refractivity contribution in [2.75, 3.05) is 0 Å². The van der Waals surface area contributed by atoms with Crippen LogP contribution in [0.1, 0.15) is 130 Å². The molecule has 26 heavy (non-hydrogen) atoms. The number of hydrogen-bond donors (Lipinski definition) is 1. The third kappa shape index (κ3) is 12.8. The van der Waals surface area contributed by atoms with Gasteiger partial charge in [-0.15, -0.1) is 0 Å². The van der Waals surface area contributed by atoms with Crippen LogP contribution in [0.3, 0.4) is 0 Å². The Morgan fingerprint density at radius 2 is 1.08 bits per heavy atom. The Morgan fingerprint density at radius 1 is 0.654 bits per heavy atom. The van der Waals surface area contributed by atoms with E-state index in [1.165, 1.54) is 83.5 Å². The molecule has 3 unspecified atom stereocenters. The summed E-state index contributed by atoms with van der Waals surface area (Å²) in [7, 11) is 0. The van der Waals surface area contributed by atoms with Crippen LogP contribution in [0, 0.1) is 17.8 Å². The van der Waals surface area contributed by atoms with Crippen LogP contribution in [0.4, 0.5) is 0 Å². The molecule has 1 N–H and O–H groups in total. The molecule has 0 aromatic rings. The maximum atomic E-state index is 11.8. The summed E-state index contributed by atoms with van der Waals surface area (Å²) in [6, 6.07) is 0. The van der Waals surface area contributed by atoms with Crippen molar-refractivity contribution in [1.29, 1.82) is 0 Å². The Kier molecular flexibility index (Phi) is 17.5. The molecule has 0 aliphatic rings. The van der Waals surface area contributed by atoms with Gasteiger partial charge in [0.05, 0.1) is 5.92 Å². The number of aliphatic carboxylic acids is 1. The van der Waals surface area contributed by atoms with Gasteiger partial charge < -0.3 is 5.11 Å². The summed E-state index contributed by atoms with van der Waals surface area (Å²) in [6.45, 7) is 8.90. The van der Waals surface area contributed by atoms with Crippen LogP contribution in [0.15, 0.2) is 0 Å². The van der Waals surface area contributed by atoms with Crippen molar-refractivity contribution in [2.45, 2.75) is 130 Å². The molecule has 0 bridgehead atoms. The zero-order valence-corrected chi connectivity index (χ0v) is 18.4. The second kappa shape index (κ2) is 17.9. The minimum Gasteiger partial charge on any atom is -0.481 e. The van der Waals surface area contributed by atoms with Gasteiger partial charge in [0.2, 0.25) is 0 Å². The maximum Gasteiger partial charge on any atom is 0.306 e. The lowest BCUT2D eigenvalue weighted by molar-refractivity contribution is -0.144. The Hall–Kier alpha value is -0.530. The molecule has 0 aromatic heterocycles. The summed E-state index contributed by atoms with van der Waals surface area (Å²) in [4.78, 5) is 11.8. The molecule has 0 heterocycles. The SMILES string of the molecule is CCCCCCCCCC(CCCCCC)C(C)C(CCCC)C(=O)O. The minimum absolute atomic E-state index is 0.143. The molecule has 156 valence electrons. The molecule has 0 aromatic carbocycles. The van der Waals surface area contributed by atoms with Crippen molar-refractivity contribution in [3.63, 3.8) is 0 Å². The third-order valence-electron chi connectivity index (χ3n) is 6.17. The van der Waals surface area contributed by atoms with Gasteiger partial charge in [0, 0.05) is 0 Å². The zero-order chi connectivity index (χ0) is 19.6. The highest BCUT2D eigenvalue weighted by Gasteiger charge is 2.29. The van der Waals surface area contributed by atoms with Gasteiger partial charge in [-0.05, 0) is 18.3 Å². The molecule has 0 aliphatic heterocycles. The summed E-state index contributed by atoms with van der Waals surface area (Å²) in [6.07, 6.45) is 20.0. The lowest BCUT2D eigenvalue weighted by Gasteiger charge is -2.29. The van der Waals surface area contributed by atoms with Crippen LogP contribution >= 0.6 is 0 Å². The highest BCUT2D eigenvalue weighted by molar-refractivity contribution is 5.70. The van der Waals surface area contributed by atoms with Gasteiger partial charge in [-0.25, -0.2) is 0 Å². The van der Waals surface area contributed by atoms with E-state index in [1.54, 1.807) is 0 Å². The molecule has 0 aliphatic carbocycles. The topological polar surface area (TPSA) is 37.3 Å². The standard InChI is InChI=1S/C24H48O2/c1-5-8-11-13-14-15-17-19-22(18-16-12-9-6-2)21(4)23(24(25)26)20-10-7-3/h21-23H,5-20H2,1-4H3,(H,25,26). The van der Waals surface area contributed by atoms with Crippen LogP contribution in [0.5, 0.6) is 0 Å². The van der Waals surface area contributed by atoms with E-state index in [4.69, 9.17) is 0 Å². The molecule has 2 nitrogen and oxygen atoms in total. The number of unbranched alkanes of at least 4 members (excludes halogenated alkanes) is 10. The van der Waals surface area contributed by atoms with Gasteiger partial charge >= 0.3 is 5.97 Å². The average molecular weight is 369 g/mol. The van der Waals surface area contributed by atoms with Crippen LogP contribution in [0.25, 0.3) is 0 Å². The molecule has 0 rings (SSSR count). The summed E-state index contributed by atoms with van der Waals surface area (Å²) in [5, 5.41) is 9.72. The summed E-state index contributed by atoms with van der Waals surface area (Å²) < 4.78 is 0. The first-order valence-electron chi connectivity index (χ1n) is 11.8. The number of carboxylic acids is 1. The van der Waals surface area contributed by atoms with Crippen LogP contribution in [0.2, 0.25) is 0 Å². The van der Waals surface area contributed by atoms with Gasteiger partial charge in [0.1, 0.15) is 0 Å². The second-order valence-electron chi connectivity index (χ2n) is 8.47. The largest absolute Gasteiger partial charge is 0.481 e. The van der Waals surface area contributed by atoms with Crippen LogP contribution < -0.4 is 0 Å². The number of rotatable bonds is 19. The molecule has 0 radical (unpaired) electrons. The Balaban J connectivity index is 4.46. The van der Waals surface area contributed by atoms with E-state index in [0.29, 0.717) is 11.8 Å². The Morgan fingerprint density at radius 3 is 1.54 bits per heavy atom. The molecule has 0 spiro atoms. The molecule has 3 atom stereocenters. The lowest BCUT2D eigenvalue weighted by atomic mass is 9.75. The van der Waals surface area contributed by atoms with E-state index in [-0.39, 0.29) is 5.92 Å². The molecular weight excluding hydrogens is 320 g/mol. The summed E-state index contributed by atoms with van der Waals surface area (Å²) in [5.41, 5.74) is 0. The van der Waals surface area contributed by atoms with Gasteiger partial charge in [0.15, 0.2) is 0 Å². The highest BCUT2D eigenvalue weighted by Crippen LogP contribution is 2.33. The van der Waals surface area contributed by atoms with Crippen molar-refractivity contribution < 1.29 is 9.90 Å². The number of hydrogen-bond acceptors (Lipinski definition) is 1. The molecule has 0 saturated carbocycles. The molecule has 2 heteroatoms. The number of carbonyl (C=O) groups is 1. The Bertz CT molecular complexity index is 313. The monoisotopic (exact) mass is 368 g/mol. The first kappa shape index (κ1) is 25.5. The second-order valence-corrected chi connectivity index (χ2v) is 8.47. The first-order valence-corrected chi connectivity index (χ1v) is 11.8. The quantitative estimate of drug-likeness (QED) is 0.233. The van der Waals surface area contributed by atoms with E-state index in [9.17, 15) is 9.90 Å². The van der Waals surface area contributed by atoms with Crippen molar-refractivity contribution in [3.05, 3.63) is 0 Å². The molecule has 0 saturated heterocycles. The van der Waals surface area contributed by atoms with E-state index in [1.807, 2.05) is 0 Å². The number of carboxylic acid groups (broad SMARTS) is 1. The maximum absolute atomic E-state index is 11.8. The first-order chi connectivity index (χ1) is 12.6. The third-order valence-corrected chi connectivity index (χ3v) is 6.17. The minimum atomic E-state index is -0.566. The van der Waals surface area contributed by atoms with Gasteiger partial charge in [-0.2, -0.15) is 0 Å². The molecule has 0 amide bonds. The predicted molar refractivity (Wildman–Crippen MR) is 115 cm³/mol. The van der Waals surface area contributed by atoms with Crippen LogP contribution in [-0.2, 0) is 4.79 Å². The zero-order valence-electron chi connectivity index (χ0n) is 18.4. The highest BCUT2D eigenvalue weighted by atomic mass is 16.4. The Labute approximate surface area is 164 Å². The smallest absolute Gasteiger partial charge is 0.306 e. The van der Waals surface area contributed by atoms with Crippen molar-refractivity contribution >= 4 is 5.97 Å². The molecular formula is C24H48O2. The van der Waals surface area contributed by atoms with E-state index < -0.39 is 5.97 Å². The fourth-order valence-corrected chi connectivity index (χ4v) is 4.23. The van der Waals surface area contributed by atoms with Gasteiger partial charge in [-0.3, -0.25) is 4.79 Å². The molecule has 0 fully saturated rings. The van der Waals surface area contributed by atoms with Crippen molar-refractivity contribution in [2.24, 2.45) is 17.8 Å². The fourth-order valence-electron chi connectivity index (χ4n) is 4.23. The average Bonchev–Trinajstić information content (AvgIpc) is 2.62.